The summed E-state index contributed by atoms with van der Waals surface area (Å²) in [4.78, 5) is 36.0. The highest BCUT2D eigenvalue weighted by Gasteiger charge is 2.16. The quantitative estimate of drug-likeness (QED) is 0.305. The SMILES string of the molecule is CCCOc1ccc(/C=N\NC(=O)c2cccn(Cc3ccc(C)cc3)c2=O)cc1[N+](=O)[O-]. The van der Waals surface area contributed by atoms with Crippen molar-refractivity contribution in [3.05, 3.63) is 104 Å². The third kappa shape index (κ3) is 6.13. The predicted octanol–water partition coefficient (Wildman–Crippen LogP) is 3.67. The van der Waals surface area contributed by atoms with E-state index in [-0.39, 0.29) is 17.0 Å². The van der Waals surface area contributed by atoms with Crippen LogP contribution in [0.2, 0.25) is 0 Å². The van der Waals surface area contributed by atoms with Crippen molar-refractivity contribution in [2.24, 2.45) is 5.10 Å². The van der Waals surface area contributed by atoms with E-state index in [0.717, 1.165) is 17.5 Å². The average Bonchev–Trinajstić information content (AvgIpc) is 2.80. The smallest absolute Gasteiger partial charge is 0.311 e. The number of ether oxygens (including phenoxy) is 1. The molecule has 0 bridgehead atoms. The summed E-state index contributed by atoms with van der Waals surface area (Å²) in [5.41, 5.74) is 4.05. The molecular formula is C24H24N4O5. The number of nitrogens with zero attached hydrogens (tertiary/aromatic N) is 3. The topological polar surface area (TPSA) is 116 Å². The second-order valence-corrected chi connectivity index (χ2v) is 7.37. The zero-order chi connectivity index (χ0) is 23.8. The van der Waals surface area contributed by atoms with Gasteiger partial charge in [-0.15, -0.1) is 0 Å². The maximum atomic E-state index is 12.7. The molecule has 9 heteroatoms. The Balaban J connectivity index is 1.72. The van der Waals surface area contributed by atoms with Crippen LogP contribution in [0.5, 0.6) is 5.75 Å². The van der Waals surface area contributed by atoms with Gasteiger partial charge in [-0.25, -0.2) is 5.43 Å². The van der Waals surface area contributed by atoms with Crippen LogP contribution >= 0.6 is 0 Å². The molecule has 3 aromatic rings. The first-order valence-electron chi connectivity index (χ1n) is 10.4. The van der Waals surface area contributed by atoms with Crippen molar-refractivity contribution in [2.45, 2.75) is 26.8 Å². The van der Waals surface area contributed by atoms with E-state index in [0.29, 0.717) is 18.7 Å². The molecule has 0 saturated heterocycles. The number of carbonyl (C=O) groups is 1. The normalized spacial score (nSPS) is 10.8. The summed E-state index contributed by atoms with van der Waals surface area (Å²) in [5, 5.41) is 15.1. The molecule has 2 aromatic carbocycles. The number of benzene rings is 2. The van der Waals surface area contributed by atoms with E-state index >= 15 is 0 Å². The maximum Gasteiger partial charge on any atom is 0.311 e. The van der Waals surface area contributed by atoms with Gasteiger partial charge in [-0.1, -0.05) is 36.8 Å². The van der Waals surface area contributed by atoms with Crippen LogP contribution in [0.3, 0.4) is 0 Å². The molecule has 0 aliphatic rings. The largest absolute Gasteiger partial charge is 0.487 e. The molecule has 1 amide bonds. The second kappa shape index (κ2) is 10.9. The van der Waals surface area contributed by atoms with Gasteiger partial charge in [0.15, 0.2) is 5.75 Å². The Morgan fingerprint density at radius 2 is 1.97 bits per heavy atom. The van der Waals surface area contributed by atoms with Crippen LogP contribution in [0.4, 0.5) is 5.69 Å². The van der Waals surface area contributed by atoms with Crippen molar-refractivity contribution in [3.63, 3.8) is 0 Å². The van der Waals surface area contributed by atoms with Gasteiger partial charge in [-0.2, -0.15) is 5.10 Å². The summed E-state index contributed by atoms with van der Waals surface area (Å²) < 4.78 is 6.83. The number of nitrogens with one attached hydrogen (secondary N) is 1. The van der Waals surface area contributed by atoms with Crippen LogP contribution in [0, 0.1) is 17.0 Å². The summed E-state index contributed by atoms with van der Waals surface area (Å²) in [6.45, 7) is 4.58. The number of aryl methyl sites for hydroxylation is 1. The molecule has 9 nitrogen and oxygen atoms in total. The van der Waals surface area contributed by atoms with E-state index in [9.17, 15) is 19.7 Å². The van der Waals surface area contributed by atoms with E-state index < -0.39 is 16.4 Å². The van der Waals surface area contributed by atoms with Gasteiger partial charge in [-0.05, 0) is 43.2 Å². The molecule has 0 atom stereocenters. The molecule has 0 spiro atoms. The lowest BCUT2D eigenvalue weighted by molar-refractivity contribution is -0.385. The number of pyridine rings is 1. The van der Waals surface area contributed by atoms with Crippen LogP contribution in [0.15, 0.2) is 70.7 Å². The number of hydrazone groups is 1. The Morgan fingerprint density at radius 3 is 2.67 bits per heavy atom. The molecular weight excluding hydrogens is 424 g/mol. The highest BCUT2D eigenvalue weighted by Crippen LogP contribution is 2.27. The molecule has 0 fully saturated rings. The van der Waals surface area contributed by atoms with Crippen molar-refractivity contribution < 1.29 is 14.5 Å². The summed E-state index contributed by atoms with van der Waals surface area (Å²) >= 11 is 0. The highest BCUT2D eigenvalue weighted by atomic mass is 16.6. The Labute approximate surface area is 190 Å². The number of aromatic nitrogens is 1. The second-order valence-electron chi connectivity index (χ2n) is 7.37. The van der Waals surface area contributed by atoms with Crippen LogP contribution in [0.1, 0.15) is 40.4 Å². The maximum absolute atomic E-state index is 12.7. The van der Waals surface area contributed by atoms with E-state index in [2.05, 4.69) is 10.5 Å². The Hall–Kier alpha value is -4.27. The van der Waals surface area contributed by atoms with E-state index in [1.807, 2.05) is 38.1 Å². The zero-order valence-electron chi connectivity index (χ0n) is 18.4. The molecule has 1 aromatic heterocycles. The Morgan fingerprint density at radius 1 is 1.21 bits per heavy atom. The van der Waals surface area contributed by atoms with E-state index in [4.69, 9.17) is 4.74 Å². The number of nitro groups is 1. The minimum Gasteiger partial charge on any atom is -0.487 e. The Kier molecular flexibility index (Phi) is 7.69. The van der Waals surface area contributed by atoms with Gasteiger partial charge in [-0.3, -0.25) is 19.7 Å². The fourth-order valence-corrected chi connectivity index (χ4v) is 3.04. The first-order chi connectivity index (χ1) is 15.9. The number of hydrogen-bond acceptors (Lipinski definition) is 6. The molecule has 1 N–H and O–H groups in total. The van der Waals surface area contributed by atoms with Crippen LogP contribution < -0.4 is 15.7 Å². The zero-order valence-corrected chi connectivity index (χ0v) is 18.4. The lowest BCUT2D eigenvalue weighted by Gasteiger charge is -2.08. The van der Waals surface area contributed by atoms with Gasteiger partial charge < -0.3 is 9.30 Å². The van der Waals surface area contributed by atoms with Gasteiger partial charge in [0.05, 0.1) is 24.3 Å². The van der Waals surface area contributed by atoms with Crippen LogP contribution in [0.25, 0.3) is 0 Å². The molecule has 0 radical (unpaired) electrons. The van der Waals surface area contributed by atoms with E-state index in [1.165, 1.54) is 29.0 Å². The number of amides is 1. The predicted molar refractivity (Wildman–Crippen MR) is 125 cm³/mol. The minimum absolute atomic E-state index is 0.0592. The van der Waals surface area contributed by atoms with Crippen molar-refractivity contribution in [2.75, 3.05) is 6.61 Å². The first-order valence-corrected chi connectivity index (χ1v) is 10.4. The lowest BCUT2D eigenvalue weighted by atomic mass is 10.1. The van der Waals surface area contributed by atoms with Gasteiger partial charge in [0.25, 0.3) is 11.5 Å². The molecule has 33 heavy (non-hydrogen) atoms. The average molecular weight is 448 g/mol. The molecule has 0 aliphatic heterocycles. The van der Waals surface area contributed by atoms with Crippen molar-refractivity contribution in [1.82, 2.24) is 9.99 Å². The molecule has 3 rings (SSSR count). The van der Waals surface area contributed by atoms with Crippen molar-refractivity contribution in [1.29, 1.82) is 0 Å². The number of carbonyl (C=O) groups excluding carboxylic acids is 1. The fourth-order valence-electron chi connectivity index (χ4n) is 3.04. The number of rotatable bonds is 9. The van der Waals surface area contributed by atoms with Gasteiger partial charge >= 0.3 is 5.69 Å². The molecule has 0 aliphatic carbocycles. The molecule has 0 unspecified atom stereocenters. The monoisotopic (exact) mass is 448 g/mol. The Bertz CT molecular complexity index is 1230. The molecule has 1 heterocycles. The minimum atomic E-state index is -0.674. The van der Waals surface area contributed by atoms with E-state index in [1.54, 1.807) is 18.3 Å². The number of hydrogen-bond donors (Lipinski definition) is 1. The third-order valence-electron chi connectivity index (χ3n) is 4.76. The third-order valence-corrected chi connectivity index (χ3v) is 4.76. The van der Waals surface area contributed by atoms with Gasteiger partial charge in [0, 0.05) is 17.8 Å². The van der Waals surface area contributed by atoms with Crippen molar-refractivity contribution >= 4 is 17.8 Å². The van der Waals surface area contributed by atoms with Gasteiger partial charge in [0.1, 0.15) is 5.56 Å². The standard InChI is InChI=1S/C24H24N4O5/c1-3-13-33-22-11-10-19(14-21(22)28(31)32)15-25-26-23(29)20-5-4-12-27(24(20)30)16-18-8-6-17(2)7-9-18/h4-12,14-15H,3,13,16H2,1-2H3,(H,26,29)/b25-15-. The first kappa shape index (κ1) is 23.4. The van der Waals surface area contributed by atoms with Gasteiger partial charge in [0.2, 0.25) is 0 Å². The lowest BCUT2D eigenvalue weighted by Crippen LogP contribution is -2.30. The van der Waals surface area contributed by atoms with Crippen LogP contribution in [-0.4, -0.2) is 28.2 Å². The molecule has 0 saturated carbocycles. The molecule has 170 valence electrons. The summed E-state index contributed by atoms with van der Waals surface area (Å²) in [7, 11) is 0. The number of nitro benzene ring substituents is 1. The summed E-state index contributed by atoms with van der Waals surface area (Å²) in [6, 6.07) is 15.2. The highest BCUT2D eigenvalue weighted by molar-refractivity contribution is 5.94. The summed E-state index contributed by atoms with van der Waals surface area (Å²) in [6.07, 6.45) is 3.60. The summed E-state index contributed by atoms with van der Waals surface area (Å²) in [5.74, 6) is -0.506. The van der Waals surface area contributed by atoms with Crippen LogP contribution in [-0.2, 0) is 6.54 Å². The van der Waals surface area contributed by atoms with Crippen molar-refractivity contribution in [3.8, 4) is 5.75 Å². The fraction of sp³-hybridized carbons (Fsp3) is 0.208.